The number of aryl methyl sites for hydroxylation is 1. The Morgan fingerprint density at radius 3 is 2.48 bits per heavy atom. The van der Waals surface area contributed by atoms with Crippen molar-refractivity contribution in [3.05, 3.63) is 76.4 Å². The van der Waals surface area contributed by atoms with E-state index in [0.717, 1.165) is 16.7 Å². The van der Waals surface area contributed by atoms with E-state index in [9.17, 15) is 18.0 Å². The number of hydrogen-bond donors (Lipinski definition) is 2. The topological polar surface area (TPSA) is 54.0 Å². The second-order valence-electron chi connectivity index (χ2n) is 8.12. The molecule has 172 valence electrons. The average molecular weight is 474 g/mol. The molecule has 1 atom stereocenters. The number of amides is 1. The van der Waals surface area contributed by atoms with E-state index in [4.69, 9.17) is 11.6 Å². The molecule has 3 aromatic rings. The summed E-state index contributed by atoms with van der Waals surface area (Å²) in [5.74, 6) is -0.0337. The third-order valence-electron chi connectivity index (χ3n) is 5.75. The summed E-state index contributed by atoms with van der Waals surface area (Å²) in [5.41, 5.74) is 2.38. The van der Waals surface area contributed by atoms with Gasteiger partial charge in [-0.3, -0.25) is 4.79 Å². The molecule has 1 aliphatic rings. The lowest BCUT2D eigenvalue weighted by molar-refractivity contribution is -0.141. The Bertz CT molecular complexity index is 1180. The van der Waals surface area contributed by atoms with Crippen molar-refractivity contribution >= 4 is 17.5 Å². The van der Waals surface area contributed by atoms with Gasteiger partial charge in [0.05, 0.1) is 10.7 Å². The molecule has 0 aliphatic carbocycles. The number of pyridine rings is 1. The standard InChI is InChI=1S/C25H23ClF3N3O/c1-15-5-2-3-6-18(15)19-7-4-8-20(23(19)26)21-11-9-16(24(32-21)25(27,28)29)13-30-14-17-10-12-22(33)31-17/h2-9,11,17,30H,10,12-14H2,1H3,(H,31,33)/t17-/m0/s1. The quantitative estimate of drug-likeness (QED) is 0.478. The second-order valence-corrected chi connectivity index (χ2v) is 8.50. The molecule has 0 bridgehead atoms. The van der Waals surface area contributed by atoms with E-state index in [1.54, 1.807) is 18.2 Å². The molecule has 1 fully saturated rings. The Morgan fingerprint density at radius 1 is 1.06 bits per heavy atom. The van der Waals surface area contributed by atoms with Crippen molar-refractivity contribution in [2.24, 2.45) is 0 Å². The summed E-state index contributed by atoms with van der Waals surface area (Å²) in [6.45, 7) is 2.34. The summed E-state index contributed by atoms with van der Waals surface area (Å²) >= 11 is 6.66. The van der Waals surface area contributed by atoms with Crippen molar-refractivity contribution in [1.82, 2.24) is 15.6 Å². The van der Waals surface area contributed by atoms with Crippen LogP contribution < -0.4 is 10.6 Å². The van der Waals surface area contributed by atoms with Crippen molar-refractivity contribution < 1.29 is 18.0 Å². The van der Waals surface area contributed by atoms with Gasteiger partial charge in [-0.25, -0.2) is 4.98 Å². The van der Waals surface area contributed by atoms with E-state index in [1.165, 1.54) is 6.07 Å². The number of carbonyl (C=O) groups is 1. The predicted octanol–water partition coefficient (Wildman–Crippen LogP) is 5.76. The lowest BCUT2D eigenvalue weighted by Gasteiger charge is -2.17. The smallest absolute Gasteiger partial charge is 0.352 e. The fourth-order valence-corrected chi connectivity index (χ4v) is 4.38. The minimum Gasteiger partial charge on any atom is -0.352 e. The number of benzene rings is 2. The number of nitrogens with one attached hydrogen (secondary N) is 2. The number of alkyl halides is 3. The van der Waals surface area contributed by atoms with Gasteiger partial charge in [0.2, 0.25) is 5.91 Å². The molecule has 2 N–H and O–H groups in total. The number of rotatable bonds is 6. The van der Waals surface area contributed by atoms with Gasteiger partial charge in [-0.2, -0.15) is 13.2 Å². The zero-order chi connectivity index (χ0) is 23.6. The van der Waals surface area contributed by atoms with E-state index in [1.807, 2.05) is 37.3 Å². The van der Waals surface area contributed by atoms with Gasteiger partial charge in [-0.15, -0.1) is 0 Å². The number of aromatic nitrogens is 1. The van der Waals surface area contributed by atoms with Crippen molar-refractivity contribution in [2.45, 2.75) is 38.5 Å². The van der Waals surface area contributed by atoms with E-state index >= 15 is 0 Å². The number of halogens is 4. The van der Waals surface area contributed by atoms with Crippen LogP contribution in [-0.4, -0.2) is 23.5 Å². The lowest BCUT2D eigenvalue weighted by atomic mass is 9.97. The molecule has 2 heterocycles. The van der Waals surface area contributed by atoms with Gasteiger partial charge >= 0.3 is 6.18 Å². The molecule has 8 heteroatoms. The minimum absolute atomic E-state index is 0.00846. The van der Waals surface area contributed by atoms with E-state index in [0.29, 0.717) is 30.0 Å². The van der Waals surface area contributed by atoms with Gasteiger partial charge in [0.25, 0.3) is 0 Å². The molecule has 0 radical (unpaired) electrons. The molecule has 0 unspecified atom stereocenters. The Kier molecular flexibility index (Phi) is 6.72. The summed E-state index contributed by atoms with van der Waals surface area (Å²) in [4.78, 5) is 15.3. The maximum Gasteiger partial charge on any atom is 0.433 e. The zero-order valence-corrected chi connectivity index (χ0v) is 18.7. The maximum atomic E-state index is 13.8. The summed E-state index contributed by atoms with van der Waals surface area (Å²) in [5, 5.41) is 6.15. The van der Waals surface area contributed by atoms with Gasteiger partial charge in [0.1, 0.15) is 5.69 Å². The fourth-order valence-electron chi connectivity index (χ4n) is 4.05. The Morgan fingerprint density at radius 2 is 1.79 bits per heavy atom. The molecule has 0 saturated carbocycles. The molecule has 4 rings (SSSR count). The highest BCUT2D eigenvalue weighted by Gasteiger charge is 2.36. The SMILES string of the molecule is Cc1ccccc1-c1cccc(-c2ccc(CNC[C@@H]3CCC(=O)N3)c(C(F)(F)F)n2)c1Cl. The Hall–Kier alpha value is -2.90. The largest absolute Gasteiger partial charge is 0.433 e. The van der Waals surface area contributed by atoms with Crippen molar-refractivity contribution in [3.8, 4) is 22.4 Å². The van der Waals surface area contributed by atoms with Crippen LogP contribution >= 0.6 is 11.6 Å². The van der Waals surface area contributed by atoms with Crippen LogP contribution in [0, 0.1) is 6.92 Å². The van der Waals surface area contributed by atoms with Crippen LogP contribution in [0.5, 0.6) is 0 Å². The Labute approximate surface area is 195 Å². The van der Waals surface area contributed by atoms with Gasteiger partial charge in [0.15, 0.2) is 0 Å². The number of nitrogens with zero attached hydrogens (tertiary/aromatic N) is 1. The molecular formula is C25H23ClF3N3O. The lowest BCUT2D eigenvalue weighted by Crippen LogP contribution is -2.35. The molecule has 1 saturated heterocycles. The number of carbonyl (C=O) groups excluding carboxylic acids is 1. The Balaban J connectivity index is 1.63. The monoisotopic (exact) mass is 473 g/mol. The van der Waals surface area contributed by atoms with Crippen LogP contribution in [0.2, 0.25) is 5.02 Å². The molecule has 4 nitrogen and oxygen atoms in total. The summed E-state index contributed by atoms with van der Waals surface area (Å²) in [7, 11) is 0. The first-order valence-electron chi connectivity index (χ1n) is 10.7. The van der Waals surface area contributed by atoms with Crippen LogP contribution in [0.25, 0.3) is 22.4 Å². The normalized spacial score (nSPS) is 16.2. The molecule has 1 aliphatic heterocycles. The van der Waals surface area contributed by atoms with Crippen LogP contribution in [0.3, 0.4) is 0 Å². The average Bonchev–Trinajstić information content (AvgIpc) is 3.19. The number of hydrogen-bond acceptors (Lipinski definition) is 3. The van der Waals surface area contributed by atoms with Crippen LogP contribution in [-0.2, 0) is 17.5 Å². The van der Waals surface area contributed by atoms with Crippen molar-refractivity contribution in [3.63, 3.8) is 0 Å². The highest BCUT2D eigenvalue weighted by Crippen LogP contribution is 2.38. The first kappa shape index (κ1) is 23.3. The minimum atomic E-state index is -4.62. The van der Waals surface area contributed by atoms with Gasteiger partial charge < -0.3 is 10.6 Å². The first-order valence-corrected chi connectivity index (χ1v) is 11.0. The van der Waals surface area contributed by atoms with Crippen LogP contribution in [0.15, 0.2) is 54.6 Å². The molecule has 2 aromatic carbocycles. The first-order chi connectivity index (χ1) is 15.7. The molecule has 33 heavy (non-hydrogen) atoms. The third-order valence-corrected chi connectivity index (χ3v) is 6.16. The van der Waals surface area contributed by atoms with Crippen LogP contribution in [0.4, 0.5) is 13.2 Å². The summed E-state index contributed by atoms with van der Waals surface area (Å²) in [6.07, 6.45) is -3.50. The van der Waals surface area contributed by atoms with E-state index < -0.39 is 11.9 Å². The summed E-state index contributed by atoms with van der Waals surface area (Å²) in [6, 6.07) is 15.9. The molecule has 0 spiro atoms. The highest BCUT2D eigenvalue weighted by molar-refractivity contribution is 6.36. The van der Waals surface area contributed by atoms with Gasteiger partial charge in [-0.1, -0.05) is 60.1 Å². The molecule has 1 amide bonds. The maximum absolute atomic E-state index is 13.8. The second kappa shape index (κ2) is 9.53. The van der Waals surface area contributed by atoms with Gasteiger partial charge in [-0.05, 0) is 36.1 Å². The fraction of sp³-hybridized carbons (Fsp3) is 0.280. The van der Waals surface area contributed by atoms with Crippen molar-refractivity contribution in [1.29, 1.82) is 0 Å². The third kappa shape index (κ3) is 5.20. The highest BCUT2D eigenvalue weighted by atomic mass is 35.5. The van der Waals surface area contributed by atoms with E-state index in [2.05, 4.69) is 15.6 Å². The molecular weight excluding hydrogens is 451 g/mol. The van der Waals surface area contributed by atoms with Crippen LogP contribution in [0.1, 0.15) is 29.7 Å². The molecule has 1 aromatic heterocycles. The summed E-state index contributed by atoms with van der Waals surface area (Å²) < 4.78 is 41.5. The zero-order valence-electron chi connectivity index (χ0n) is 18.0. The van der Waals surface area contributed by atoms with E-state index in [-0.39, 0.29) is 29.8 Å². The van der Waals surface area contributed by atoms with Gasteiger partial charge in [0, 0.05) is 36.7 Å². The van der Waals surface area contributed by atoms with Crippen molar-refractivity contribution in [2.75, 3.05) is 6.54 Å². The predicted molar refractivity (Wildman–Crippen MR) is 123 cm³/mol.